The summed E-state index contributed by atoms with van der Waals surface area (Å²) in [4.78, 5) is 17.1. The number of nitrogens with one attached hydrogen (secondary N) is 1. The summed E-state index contributed by atoms with van der Waals surface area (Å²) in [6.45, 7) is 0.265. The molecular weight excluding hydrogens is 419 g/mol. The summed E-state index contributed by atoms with van der Waals surface area (Å²) < 4.78 is 7.16. The molecule has 0 bridgehead atoms. The lowest BCUT2D eigenvalue weighted by atomic mass is 10.2. The number of thiazole rings is 1. The van der Waals surface area contributed by atoms with E-state index in [4.69, 9.17) is 27.9 Å². The van der Waals surface area contributed by atoms with Crippen molar-refractivity contribution in [2.75, 3.05) is 11.9 Å². The molecule has 2 aromatic carbocycles. The lowest BCUT2D eigenvalue weighted by Crippen LogP contribution is -2.16. The standard InChI is InChI=1S/C19H14Cl2N4O2S/c20-12-6-7-15(21)14(10-12)16-11-28-19-23-18(24-25(16)19)22-17(26)8-9-27-13-4-2-1-3-5-13/h1-7,10-11H,8-9H2,(H,22,24,26). The van der Waals surface area contributed by atoms with Crippen LogP contribution in [-0.2, 0) is 4.79 Å². The maximum Gasteiger partial charge on any atom is 0.250 e. The van der Waals surface area contributed by atoms with Gasteiger partial charge in [-0.3, -0.25) is 10.1 Å². The molecule has 2 aromatic heterocycles. The molecule has 6 nitrogen and oxygen atoms in total. The highest BCUT2D eigenvalue weighted by molar-refractivity contribution is 7.15. The number of carbonyl (C=O) groups is 1. The van der Waals surface area contributed by atoms with Crippen molar-refractivity contribution in [3.05, 3.63) is 64.0 Å². The molecule has 9 heteroatoms. The van der Waals surface area contributed by atoms with Crippen molar-refractivity contribution in [2.24, 2.45) is 0 Å². The summed E-state index contributed by atoms with van der Waals surface area (Å²) >= 11 is 13.8. The van der Waals surface area contributed by atoms with Gasteiger partial charge < -0.3 is 4.74 Å². The summed E-state index contributed by atoms with van der Waals surface area (Å²) in [7, 11) is 0. The maximum absolute atomic E-state index is 12.1. The molecule has 0 radical (unpaired) electrons. The highest BCUT2D eigenvalue weighted by atomic mass is 35.5. The van der Waals surface area contributed by atoms with Crippen LogP contribution in [0.5, 0.6) is 5.75 Å². The molecule has 2 heterocycles. The average molecular weight is 433 g/mol. The fourth-order valence-electron chi connectivity index (χ4n) is 2.58. The minimum atomic E-state index is -0.225. The average Bonchev–Trinajstić information content (AvgIpc) is 3.25. The van der Waals surface area contributed by atoms with E-state index >= 15 is 0 Å². The van der Waals surface area contributed by atoms with E-state index in [1.807, 2.05) is 35.7 Å². The topological polar surface area (TPSA) is 68.5 Å². The number of amides is 1. The molecule has 0 aliphatic rings. The molecule has 0 unspecified atom stereocenters. The Morgan fingerprint density at radius 1 is 1.18 bits per heavy atom. The Morgan fingerprint density at radius 3 is 2.82 bits per heavy atom. The second-order valence-corrected chi connectivity index (χ2v) is 7.51. The van der Waals surface area contributed by atoms with E-state index in [2.05, 4.69) is 15.4 Å². The molecule has 0 atom stereocenters. The minimum absolute atomic E-state index is 0.189. The van der Waals surface area contributed by atoms with E-state index in [0.29, 0.717) is 15.0 Å². The monoisotopic (exact) mass is 432 g/mol. The number of halogens is 2. The summed E-state index contributed by atoms with van der Waals surface area (Å²) in [6.07, 6.45) is 0.189. The van der Waals surface area contributed by atoms with Crippen molar-refractivity contribution in [3.63, 3.8) is 0 Å². The highest BCUT2D eigenvalue weighted by Crippen LogP contribution is 2.33. The van der Waals surface area contributed by atoms with Crippen LogP contribution in [-0.4, -0.2) is 27.1 Å². The Labute approximate surface area is 174 Å². The number of rotatable bonds is 6. The summed E-state index contributed by atoms with van der Waals surface area (Å²) in [6, 6.07) is 14.6. The Kier molecular flexibility index (Phi) is 5.47. The molecule has 0 spiro atoms. The number of anilines is 1. The summed E-state index contributed by atoms with van der Waals surface area (Å²) in [5.41, 5.74) is 1.51. The maximum atomic E-state index is 12.1. The van der Waals surface area contributed by atoms with Crippen LogP contribution < -0.4 is 10.1 Å². The van der Waals surface area contributed by atoms with Gasteiger partial charge in [0.1, 0.15) is 5.75 Å². The van der Waals surface area contributed by atoms with E-state index in [9.17, 15) is 4.79 Å². The number of ether oxygens (including phenoxy) is 1. The zero-order chi connectivity index (χ0) is 19.5. The number of aromatic nitrogens is 3. The highest BCUT2D eigenvalue weighted by Gasteiger charge is 2.15. The number of para-hydroxylation sites is 1. The van der Waals surface area contributed by atoms with Gasteiger partial charge in [0.15, 0.2) is 0 Å². The Balaban J connectivity index is 1.44. The van der Waals surface area contributed by atoms with Crippen LogP contribution in [0.2, 0.25) is 10.0 Å². The number of hydrogen-bond donors (Lipinski definition) is 1. The van der Waals surface area contributed by atoms with Crippen LogP contribution in [0.1, 0.15) is 6.42 Å². The molecule has 1 N–H and O–H groups in total. The Morgan fingerprint density at radius 2 is 2.00 bits per heavy atom. The zero-order valence-corrected chi connectivity index (χ0v) is 16.8. The summed E-state index contributed by atoms with van der Waals surface area (Å²) in [5.74, 6) is 0.728. The first kappa shape index (κ1) is 18.7. The van der Waals surface area contributed by atoms with Crippen molar-refractivity contribution in [3.8, 4) is 17.0 Å². The van der Waals surface area contributed by atoms with Crippen molar-refractivity contribution < 1.29 is 9.53 Å². The predicted molar refractivity (Wildman–Crippen MR) is 112 cm³/mol. The lowest BCUT2D eigenvalue weighted by molar-refractivity contribution is -0.116. The van der Waals surface area contributed by atoms with Crippen LogP contribution in [0.25, 0.3) is 16.2 Å². The molecular formula is C19H14Cl2N4O2S. The zero-order valence-electron chi connectivity index (χ0n) is 14.4. The van der Waals surface area contributed by atoms with E-state index < -0.39 is 0 Å². The summed E-state index contributed by atoms with van der Waals surface area (Å²) in [5, 5.41) is 10.1. The van der Waals surface area contributed by atoms with Gasteiger partial charge in [0.05, 0.1) is 23.7 Å². The third-order valence-corrected chi connectivity index (χ3v) is 5.26. The third kappa shape index (κ3) is 4.11. The van der Waals surface area contributed by atoms with Gasteiger partial charge in [-0.1, -0.05) is 41.4 Å². The minimum Gasteiger partial charge on any atom is -0.493 e. The van der Waals surface area contributed by atoms with Crippen molar-refractivity contribution in [1.29, 1.82) is 0 Å². The quantitative estimate of drug-likeness (QED) is 0.456. The molecule has 28 heavy (non-hydrogen) atoms. The molecule has 142 valence electrons. The largest absolute Gasteiger partial charge is 0.493 e. The molecule has 4 aromatic rings. The van der Waals surface area contributed by atoms with Gasteiger partial charge in [0.2, 0.25) is 16.8 Å². The van der Waals surface area contributed by atoms with Gasteiger partial charge in [-0.2, -0.15) is 4.98 Å². The third-order valence-electron chi connectivity index (χ3n) is 3.88. The van der Waals surface area contributed by atoms with Gasteiger partial charge in [-0.25, -0.2) is 4.52 Å². The van der Waals surface area contributed by atoms with Crippen LogP contribution in [0.4, 0.5) is 5.95 Å². The molecule has 0 saturated heterocycles. The van der Waals surface area contributed by atoms with Gasteiger partial charge in [0.25, 0.3) is 0 Å². The molecule has 0 fully saturated rings. The molecule has 0 aliphatic carbocycles. The Bertz CT molecular complexity index is 1130. The van der Waals surface area contributed by atoms with Crippen molar-refractivity contribution in [1.82, 2.24) is 14.6 Å². The van der Waals surface area contributed by atoms with E-state index in [-0.39, 0.29) is 24.9 Å². The number of fused-ring (bicyclic) bond motifs is 1. The second-order valence-electron chi connectivity index (χ2n) is 5.83. The first-order valence-electron chi connectivity index (χ1n) is 8.37. The van der Waals surface area contributed by atoms with Crippen LogP contribution in [0.15, 0.2) is 53.9 Å². The van der Waals surface area contributed by atoms with E-state index in [1.54, 1.807) is 22.7 Å². The number of nitrogens with zero attached hydrogens (tertiary/aromatic N) is 3. The fourth-order valence-corrected chi connectivity index (χ4v) is 3.79. The predicted octanol–water partition coefficient (Wildman–Crippen LogP) is 5.17. The van der Waals surface area contributed by atoms with Crippen molar-refractivity contribution >= 4 is 51.4 Å². The van der Waals surface area contributed by atoms with Crippen LogP contribution >= 0.6 is 34.5 Å². The number of carbonyl (C=O) groups excluding carboxylic acids is 1. The van der Waals surface area contributed by atoms with Crippen molar-refractivity contribution in [2.45, 2.75) is 6.42 Å². The smallest absolute Gasteiger partial charge is 0.250 e. The SMILES string of the molecule is O=C(CCOc1ccccc1)Nc1nc2scc(-c3cc(Cl)ccc3Cl)n2n1. The van der Waals surface area contributed by atoms with Gasteiger partial charge in [-0.15, -0.1) is 16.4 Å². The molecule has 4 rings (SSSR count). The van der Waals surface area contributed by atoms with Crippen LogP contribution in [0, 0.1) is 0 Å². The van der Waals surface area contributed by atoms with Gasteiger partial charge in [0, 0.05) is 16.0 Å². The first-order chi connectivity index (χ1) is 13.6. The number of hydrogen-bond acceptors (Lipinski definition) is 5. The lowest BCUT2D eigenvalue weighted by Gasteiger charge is -2.05. The molecule has 1 amide bonds. The molecule has 0 aliphatic heterocycles. The second kappa shape index (κ2) is 8.18. The first-order valence-corrected chi connectivity index (χ1v) is 10.0. The van der Waals surface area contributed by atoms with Gasteiger partial charge in [-0.05, 0) is 30.3 Å². The normalized spacial score (nSPS) is 10.9. The Hall–Kier alpha value is -2.61. The van der Waals surface area contributed by atoms with E-state index in [1.165, 1.54) is 11.3 Å². The molecule has 0 saturated carbocycles. The number of benzene rings is 2. The van der Waals surface area contributed by atoms with Gasteiger partial charge >= 0.3 is 0 Å². The van der Waals surface area contributed by atoms with Crippen LogP contribution in [0.3, 0.4) is 0 Å². The van der Waals surface area contributed by atoms with E-state index in [0.717, 1.165) is 17.0 Å². The fraction of sp³-hybridized carbons (Fsp3) is 0.105.